The van der Waals surface area contributed by atoms with E-state index in [1.165, 1.54) is 0 Å². The summed E-state index contributed by atoms with van der Waals surface area (Å²) in [4.78, 5) is 34.2. The van der Waals surface area contributed by atoms with Gasteiger partial charge in [-0.1, -0.05) is 0 Å². The third kappa shape index (κ3) is 1.81. The Balaban J connectivity index is 1.72. The van der Waals surface area contributed by atoms with E-state index in [-0.39, 0.29) is 24.5 Å². The highest BCUT2D eigenvalue weighted by molar-refractivity contribution is 7.86. The van der Waals surface area contributed by atoms with Gasteiger partial charge in [0.15, 0.2) is 0 Å². The van der Waals surface area contributed by atoms with Gasteiger partial charge in [-0.15, -0.1) is 9.35 Å². The zero-order valence-corrected chi connectivity index (χ0v) is 10.9. The van der Waals surface area contributed by atoms with Crippen molar-refractivity contribution in [2.75, 3.05) is 5.75 Å². The number of fused-ring (bicyclic) bond motifs is 1. The third-order valence-corrected chi connectivity index (χ3v) is 5.58. The molecule has 104 valence electrons. The van der Waals surface area contributed by atoms with E-state index in [0.29, 0.717) is 17.9 Å². The molecule has 0 bridgehead atoms. The van der Waals surface area contributed by atoms with Crippen LogP contribution < -0.4 is 0 Å². The molecule has 0 aromatic carbocycles. The highest BCUT2D eigenvalue weighted by Gasteiger charge is 2.62. The van der Waals surface area contributed by atoms with Crippen molar-refractivity contribution in [3.05, 3.63) is 0 Å². The summed E-state index contributed by atoms with van der Waals surface area (Å²) in [6.45, 7) is 0. The Kier molecular flexibility index (Phi) is 2.59. The van der Waals surface area contributed by atoms with Crippen LogP contribution in [0.3, 0.4) is 0 Å². The molecule has 0 aromatic heterocycles. The first-order valence-corrected chi connectivity index (χ1v) is 7.73. The predicted molar refractivity (Wildman–Crippen MR) is 60.7 cm³/mol. The number of ketones is 1. The van der Waals surface area contributed by atoms with Crippen molar-refractivity contribution in [1.82, 2.24) is 5.06 Å². The van der Waals surface area contributed by atoms with E-state index in [2.05, 4.69) is 4.28 Å². The molecular formula is C11H13NO6S. The van der Waals surface area contributed by atoms with Gasteiger partial charge < -0.3 is 0 Å². The average Bonchev–Trinajstić information content (AvgIpc) is 2.63. The number of hydrogen-bond donors (Lipinski definition) is 0. The quantitative estimate of drug-likeness (QED) is 0.662. The Morgan fingerprint density at radius 2 is 1.84 bits per heavy atom. The lowest BCUT2D eigenvalue weighted by Gasteiger charge is -2.56. The minimum atomic E-state index is -4.10. The molecule has 1 saturated heterocycles. The predicted octanol–water partition coefficient (Wildman–Crippen LogP) is -0.234. The maximum Gasteiger partial charge on any atom is 0.289 e. The van der Waals surface area contributed by atoms with Gasteiger partial charge >= 0.3 is 0 Å². The van der Waals surface area contributed by atoms with Crippen LogP contribution in [0.2, 0.25) is 0 Å². The van der Waals surface area contributed by atoms with Crippen molar-refractivity contribution in [3.63, 3.8) is 0 Å². The maximum atomic E-state index is 11.9. The standard InChI is InChI=1S/C11H13NO6S/c13-8-5-7-3-4-11(7,8)6-19(16,17)18-12-9(14)1-2-10(12)15/h7H,1-6H2/t7?,11-/m0/s1. The topological polar surface area (TPSA) is 97.8 Å². The Hall–Kier alpha value is -1.28. The second-order valence-electron chi connectivity index (χ2n) is 5.38. The minimum absolute atomic E-state index is 0.0406. The smallest absolute Gasteiger partial charge is 0.289 e. The lowest BCUT2D eigenvalue weighted by Crippen LogP contribution is -2.61. The fourth-order valence-electron chi connectivity index (χ4n) is 3.02. The van der Waals surface area contributed by atoms with Crippen LogP contribution in [0.25, 0.3) is 0 Å². The number of imide groups is 1. The van der Waals surface area contributed by atoms with E-state index < -0.39 is 33.1 Å². The largest absolute Gasteiger partial charge is 0.299 e. The third-order valence-electron chi connectivity index (χ3n) is 4.34. The van der Waals surface area contributed by atoms with Crippen LogP contribution in [0.4, 0.5) is 0 Å². The van der Waals surface area contributed by atoms with E-state index >= 15 is 0 Å². The molecule has 19 heavy (non-hydrogen) atoms. The second-order valence-corrected chi connectivity index (χ2v) is 6.93. The lowest BCUT2D eigenvalue weighted by atomic mass is 9.48. The molecule has 7 nitrogen and oxygen atoms in total. The maximum absolute atomic E-state index is 11.9. The van der Waals surface area contributed by atoms with E-state index in [9.17, 15) is 22.8 Å². The van der Waals surface area contributed by atoms with Crippen molar-refractivity contribution in [1.29, 1.82) is 0 Å². The van der Waals surface area contributed by atoms with E-state index in [4.69, 9.17) is 0 Å². The van der Waals surface area contributed by atoms with Gasteiger partial charge in [0.05, 0.1) is 5.75 Å². The molecule has 3 rings (SSSR count). The first kappa shape index (κ1) is 12.7. The van der Waals surface area contributed by atoms with Gasteiger partial charge in [0.2, 0.25) is 0 Å². The van der Waals surface area contributed by atoms with Crippen LogP contribution >= 0.6 is 0 Å². The molecule has 1 unspecified atom stereocenters. The van der Waals surface area contributed by atoms with Gasteiger partial charge in [-0.05, 0) is 18.8 Å². The van der Waals surface area contributed by atoms with Gasteiger partial charge in [-0.2, -0.15) is 8.42 Å². The van der Waals surface area contributed by atoms with Crippen LogP contribution in [-0.4, -0.2) is 36.8 Å². The Morgan fingerprint density at radius 1 is 1.21 bits per heavy atom. The van der Waals surface area contributed by atoms with Gasteiger partial charge in [0.1, 0.15) is 5.78 Å². The van der Waals surface area contributed by atoms with E-state index in [0.717, 1.165) is 6.42 Å². The number of carbonyl (C=O) groups excluding carboxylic acids is 3. The highest BCUT2D eigenvalue weighted by Crippen LogP contribution is 2.59. The summed E-state index contributed by atoms with van der Waals surface area (Å²) in [5.41, 5.74) is -0.815. The molecular weight excluding hydrogens is 274 g/mol. The van der Waals surface area contributed by atoms with Crippen molar-refractivity contribution in [2.24, 2.45) is 11.3 Å². The molecule has 3 fully saturated rings. The summed E-state index contributed by atoms with van der Waals surface area (Å²) in [6, 6.07) is 0. The Labute approximate surface area is 110 Å². The van der Waals surface area contributed by atoms with Crippen molar-refractivity contribution in [2.45, 2.75) is 32.1 Å². The summed E-state index contributed by atoms with van der Waals surface area (Å²) in [6.07, 6.45) is 1.74. The van der Waals surface area contributed by atoms with Crippen molar-refractivity contribution < 1.29 is 27.1 Å². The lowest BCUT2D eigenvalue weighted by molar-refractivity contribution is -0.164. The molecule has 8 heteroatoms. The van der Waals surface area contributed by atoms with Gasteiger partial charge in [0.25, 0.3) is 21.9 Å². The molecule has 2 amide bonds. The summed E-state index contributed by atoms with van der Waals surface area (Å²) in [5.74, 6) is -1.69. The molecule has 0 radical (unpaired) electrons. The molecule has 0 N–H and O–H groups in total. The fourth-order valence-corrected chi connectivity index (χ4v) is 4.64. The summed E-state index contributed by atoms with van der Waals surface area (Å²) in [7, 11) is -4.10. The Morgan fingerprint density at radius 3 is 2.26 bits per heavy atom. The van der Waals surface area contributed by atoms with E-state index in [1.807, 2.05) is 0 Å². The van der Waals surface area contributed by atoms with Gasteiger partial charge in [-0.25, -0.2) is 0 Å². The van der Waals surface area contributed by atoms with Crippen LogP contribution in [-0.2, 0) is 28.8 Å². The molecule has 3 aliphatic rings. The Bertz CT molecular complexity index is 566. The average molecular weight is 287 g/mol. The molecule has 2 atom stereocenters. The number of hydroxylamine groups is 2. The number of carbonyl (C=O) groups is 3. The molecule has 2 aliphatic carbocycles. The SMILES string of the molecule is O=C1CCC(=O)N1OS(=O)(=O)C[C@@]12CCC1CC2=O. The van der Waals surface area contributed by atoms with Crippen LogP contribution in [0.5, 0.6) is 0 Å². The second kappa shape index (κ2) is 3.86. The first-order chi connectivity index (χ1) is 8.84. The number of rotatable bonds is 4. The fraction of sp³-hybridized carbons (Fsp3) is 0.727. The number of hydrogen-bond acceptors (Lipinski definition) is 6. The summed E-state index contributed by atoms with van der Waals surface area (Å²) in [5, 5.41) is 0.308. The van der Waals surface area contributed by atoms with Crippen molar-refractivity contribution >= 4 is 27.7 Å². The van der Waals surface area contributed by atoms with Gasteiger partial charge in [-0.3, -0.25) is 14.4 Å². The number of Topliss-reactive ketones (excluding diaryl/α,β-unsaturated/α-hetero) is 1. The zero-order chi connectivity index (χ0) is 13.8. The van der Waals surface area contributed by atoms with Crippen molar-refractivity contribution in [3.8, 4) is 0 Å². The molecule has 2 saturated carbocycles. The van der Waals surface area contributed by atoms with Crippen LogP contribution in [0.1, 0.15) is 32.1 Å². The summed E-state index contributed by atoms with van der Waals surface area (Å²) < 4.78 is 28.4. The van der Waals surface area contributed by atoms with E-state index in [1.54, 1.807) is 0 Å². The highest BCUT2D eigenvalue weighted by atomic mass is 32.2. The van der Waals surface area contributed by atoms with Crippen LogP contribution in [0.15, 0.2) is 0 Å². The zero-order valence-electron chi connectivity index (χ0n) is 10.1. The normalized spacial score (nSPS) is 34.0. The monoisotopic (exact) mass is 287 g/mol. The molecule has 1 aliphatic heterocycles. The molecule has 1 heterocycles. The molecule has 0 aromatic rings. The molecule has 0 spiro atoms. The van der Waals surface area contributed by atoms with Crippen LogP contribution in [0, 0.1) is 11.3 Å². The summed E-state index contributed by atoms with van der Waals surface area (Å²) >= 11 is 0. The first-order valence-electron chi connectivity index (χ1n) is 6.15. The van der Waals surface area contributed by atoms with Gasteiger partial charge in [0, 0.05) is 24.7 Å². The number of nitrogens with zero attached hydrogens (tertiary/aromatic N) is 1. The number of amides is 2. The minimum Gasteiger partial charge on any atom is -0.299 e.